The van der Waals surface area contributed by atoms with E-state index in [2.05, 4.69) is 137 Å². The second-order valence-electron chi connectivity index (χ2n) is 14.8. The molecule has 0 N–H and O–H groups in total. The Hall–Kier alpha value is -4.66. The summed E-state index contributed by atoms with van der Waals surface area (Å²) in [6.45, 7) is 4.72. The number of fused-ring (bicyclic) bond motifs is 2. The van der Waals surface area contributed by atoms with Crippen LogP contribution in [0.2, 0.25) is 0 Å². The van der Waals surface area contributed by atoms with Crippen LogP contribution in [0.3, 0.4) is 0 Å². The van der Waals surface area contributed by atoms with E-state index in [1.165, 1.54) is 123 Å². The van der Waals surface area contributed by atoms with Gasteiger partial charge in [-0.25, -0.2) is 0 Å². The molecule has 2 heterocycles. The maximum absolute atomic E-state index is 2.76. The summed E-state index contributed by atoms with van der Waals surface area (Å²) in [6.07, 6.45) is 23.5. The van der Waals surface area contributed by atoms with Crippen LogP contribution in [0.4, 0.5) is 5.69 Å². The molecular weight excluding hydrogens is 605 g/mol. The van der Waals surface area contributed by atoms with Gasteiger partial charge in [0.1, 0.15) is 0 Å². The predicted octanol–water partition coefficient (Wildman–Crippen LogP) is 10.4. The molecule has 0 amide bonds. The molecule has 0 aromatic heterocycles. The average molecular weight is 653 g/mol. The number of hydrogen-bond acceptors (Lipinski definition) is 2. The van der Waals surface area contributed by atoms with Gasteiger partial charge in [0.25, 0.3) is 0 Å². The Kier molecular flexibility index (Phi) is 8.72. The molecule has 50 heavy (non-hydrogen) atoms. The summed E-state index contributed by atoms with van der Waals surface area (Å²) in [6, 6.07) is 37.1. The van der Waals surface area contributed by atoms with Crippen molar-refractivity contribution in [2.45, 2.75) is 63.8 Å². The number of likely N-dealkylation sites (tertiary alicyclic amines) is 1. The van der Waals surface area contributed by atoms with Crippen LogP contribution >= 0.6 is 0 Å². The molecule has 2 aliphatic heterocycles. The average Bonchev–Trinajstić information content (AvgIpc) is 3.21. The fraction of sp³-hybridized carbons (Fsp3) is 0.292. The molecule has 1 unspecified atom stereocenters. The van der Waals surface area contributed by atoms with Crippen molar-refractivity contribution in [2.24, 2.45) is 0 Å². The van der Waals surface area contributed by atoms with Crippen molar-refractivity contribution in [3.05, 3.63) is 131 Å². The molecule has 0 radical (unpaired) electrons. The van der Waals surface area contributed by atoms with E-state index in [1.807, 2.05) is 0 Å². The van der Waals surface area contributed by atoms with Gasteiger partial charge >= 0.3 is 0 Å². The minimum absolute atomic E-state index is 0.436. The maximum Gasteiger partial charge on any atom is 0.0372 e. The van der Waals surface area contributed by atoms with Crippen LogP contribution < -0.4 is 15.3 Å². The Bertz CT molecular complexity index is 2140. The summed E-state index contributed by atoms with van der Waals surface area (Å²) >= 11 is 0. The van der Waals surface area contributed by atoms with Crippen LogP contribution in [0.1, 0.15) is 63.4 Å². The molecule has 250 valence electrons. The van der Waals surface area contributed by atoms with Gasteiger partial charge in [-0.15, -0.1) is 0 Å². The van der Waals surface area contributed by atoms with E-state index in [4.69, 9.17) is 0 Å². The quantitative estimate of drug-likeness (QED) is 0.180. The highest BCUT2D eigenvalue weighted by Crippen LogP contribution is 2.39. The first-order valence-corrected chi connectivity index (χ1v) is 19.2. The Morgan fingerprint density at radius 1 is 0.540 bits per heavy atom. The molecule has 5 aromatic carbocycles. The summed E-state index contributed by atoms with van der Waals surface area (Å²) in [5.74, 6) is 0. The van der Waals surface area contributed by atoms with Crippen molar-refractivity contribution in [2.75, 3.05) is 31.1 Å². The van der Waals surface area contributed by atoms with Crippen molar-refractivity contribution in [1.29, 1.82) is 0 Å². The lowest BCUT2D eigenvalue weighted by Gasteiger charge is -2.34. The highest BCUT2D eigenvalue weighted by Gasteiger charge is 2.25. The Morgan fingerprint density at radius 3 is 1.86 bits per heavy atom. The molecule has 2 saturated heterocycles. The SMILES string of the molecule is C1=CCCC(c2c3c(c(-c4cc(-c5ccccc5)cc(-c5ccccc5)c4)c4ccc(N5CCCCC5)cc24)=CC(N2CCCCC2)CC=3)=C1. The number of hydrogen-bond donors (Lipinski definition) is 0. The van der Waals surface area contributed by atoms with E-state index in [9.17, 15) is 0 Å². The van der Waals surface area contributed by atoms with E-state index in [-0.39, 0.29) is 0 Å². The van der Waals surface area contributed by atoms with Gasteiger partial charge < -0.3 is 4.90 Å². The third-order valence-corrected chi connectivity index (χ3v) is 11.6. The van der Waals surface area contributed by atoms with Crippen molar-refractivity contribution in [3.63, 3.8) is 0 Å². The standard InChI is InChI=1S/C48H48N2/c1-6-16-35(17-7-1)38-30-39(36-18-8-2-9-19-36)32-40(31-38)48-44-25-23-41(49-26-12-4-13-27-49)33-45(44)47(37-20-10-3-11-21-37)43-24-22-42(34-46(43)48)50-28-14-5-15-29-50/h1-3,6-10,16-20,23-25,30-34,42H,4-5,11-15,21-22,26-29H2. The summed E-state index contributed by atoms with van der Waals surface area (Å²) in [7, 11) is 0. The van der Waals surface area contributed by atoms with Gasteiger partial charge in [0.2, 0.25) is 0 Å². The van der Waals surface area contributed by atoms with Gasteiger partial charge in [0, 0.05) is 24.8 Å². The molecular formula is C48H48N2. The van der Waals surface area contributed by atoms with Crippen LogP contribution in [0, 0.1) is 0 Å². The van der Waals surface area contributed by atoms with Crippen LogP contribution in [-0.2, 0) is 0 Å². The second kappa shape index (κ2) is 13.9. The third-order valence-electron chi connectivity index (χ3n) is 11.6. The lowest BCUT2D eigenvalue weighted by Crippen LogP contribution is -2.44. The molecule has 1 atom stereocenters. The van der Waals surface area contributed by atoms with E-state index in [0.717, 1.165) is 32.4 Å². The molecule has 2 fully saturated rings. The molecule has 2 nitrogen and oxygen atoms in total. The summed E-state index contributed by atoms with van der Waals surface area (Å²) in [5.41, 5.74) is 12.1. The first kappa shape index (κ1) is 31.3. The van der Waals surface area contributed by atoms with Gasteiger partial charge in [-0.2, -0.15) is 0 Å². The van der Waals surface area contributed by atoms with E-state index < -0.39 is 0 Å². The molecule has 9 rings (SSSR count). The van der Waals surface area contributed by atoms with Crippen molar-refractivity contribution in [3.8, 4) is 33.4 Å². The highest BCUT2D eigenvalue weighted by molar-refractivity contribution is 6.06. The van der Waals surface area contributed by atoms with Gasteiger partial charge in [-0.1, -0.05) is 104 Å². The molecule has 0 spiro atoms. The smallest absolute Gasteiger partial charge is 0.0372 e. The number of nitrogens with zero attached hydrogens (tertiary/aromatic N) is 2. The highest BCUT2D eigenvalue weighted by atomic mass is 15.2. The van der Waals surface area contributed by atoms with Crippen molar-refractivity contribution < 1.29 is 0 Å². The zero-order valence-corrected chi connectivity index (χ0v) is 29.3. The largest absolute Gasteiger partial charge is 0.372 e. The molecule has 4 aliphatic rings. The van der Waals surface area contributed by atoms with E-state index in [1.54, 1.807) is 0 Å². The number of anilines is 1. The fourth-order valence-corrected chi connectivity index (χ4v) is 9.09. The fourth-order valence-electron chi connectivity index (χ4n) is 9.09. The van der Waals surface area contributed by atoms with Gasteiger partial charge in [0.05, 0.1) is 0 Å². The normalized spacial score (nSPS) is 19.4. The van der Waals surface area contributed by atoms with Crippen LogP contribution in [-0.4, -0.2) is 37.1 Å². The van der Waals surface area contributed by atoms with Gasteiger partial charge in [-0.05, 0) is 161 Å². The lowest BCUT2D eigenvalue weighted by molar-refractivity contribution is 0.201. The van der Waals surface area contributed by atoms with E-state index >= 15 is 0 Å². The molecule has 0 saturated carbocycles. The second-order valence-corrected chi connectivity index (χ2v) is 14.8. The molecule has 0 bridgehead atoms. The first-order chi connectivity index (χ1) is 24.8. The van der Waals surface area contributed by atoms with Crippen molar-refractivity contribution in [1.82, 2.24) is 4.90 Å². The number of benzene rings is 5. The van der Waals surface area contributed by atoms with E-state index in [0.29, 0.717) is 6.04 Å². The molecule has 2 heteroatoms. The minimum atomic E-state index is 0.436. The summed E-state index contributed by atoms with van der Waals surface area (Å²) in [5, 5.41) is 5.67. The zero-order valence-electron chi connectivity index (χ0n) is 29.3. The Labute approximate surface area is 297 Å². The van der Waals surface area contributed by atoms with Crippen molar-refractivity contribution >= 4 is 34.2 Å². The Balaban J connectivity index is 1.36. The first-order valence-electron chi connectivity index (χ1n) is 19.2. The van der Waals surface area contributed by atoms with Gasteiger partial charge in [0.15, 0.2) is 0 Å². The van der Waals surface area contributed by atoms with Crippen LogP contribution in [0.15, 0.2) is 115 Å². The zero-order chi connectivity index (χ0) is 33.3. The predicted molar refractivity (Wildman–Crippen MR) is 215 cm³/mol. The maximum atomic E-state index is 2.76. The number of rotatable bonds is 6. The number of piperidine rings is 2. The minimum Gasteiger partial charge on any atom is -0.372 e. The van der Waals surface area contributed by atoms with Crippen LogP contribution in [0.25, 0.3) is 61.9 Å². The monoisotopic (exact) mass is 652 g/mol. The molecule has 2 aliphatic carbocycles. The third kappa shape index (κ3) is 6.05. The van der Waals surface area contributed by atoms with Crippen LogP contribution in [0.5, 0.6) is 0 Å². The van der Waals surface area contributed by atoms with Gasteiger partial charge in [-0.3, -0.25) is 4.90 Å². The summed E-state index contributed by atoms with van der Waals surface area (Å²) < 4.78 is 0. The lowest BCUT2D eigenvalue weighted by atomic mass is 9.82. The molecule has 5 aromatic rings. The number of allylic oxidation sites excluding steroid dienone is 4. The topological polar surface area (TPSA) is 6.48 Å². The summed E-state index contributed by atoms with van der Waals surface area (Å²) in [4.78, 5) is 5.39. The Morgan fingerprint density at radius 2 is 1.20 bits per heavy atom.